The van der Waals surface area contributed by atoms with Crippen LogP contribution in [0.5, 0.6) is 0 Å². The molecule has 0 spiro atoms. The molecular weight excluding hydrogens is 341 g/mol. The van der Waals surface area contributed by atoms with E-state index in [2.05, 4.69) is 30.1 Å². The second-order valence-corrected chi connectivity index (χ2v) is 6.81. The standard InChI is InChI=1S/C16H18FN7S/c1-9(2)12-18-14(24(3)4)21-15(19-12)25-16-20-13(22-23-16)10-7-5-6-8-11(10)17/h5-9H,1-4H3,(H,20,22,23). The zero-order valence-electron chi connectivity index (χ0n) is 14.4. The lowest BCUT2D eigenvalue weighted by Crippen LogP contribution is -2.15. The van der Waals surface area contributed by atoms with Crippen LogP contribution in [0.15, 0.2) is 34.6 Å². The number of H-pyrrole nitrogens is 1. The van der Waals surface area contributed by atoms with E-state index in [1.807, 2.05) is 32.8 Å². The molecule has 0 saturated carbocycles. The SMILES string of the molecule is CC(C)c1nc(Sc2n[nH]c(-c3ccccc3F)n2)nc(N(C)C)n1. The van der Waals surface area contributed by atoms with E-state index in [0.29, 0.717) is 33.5 Å². The highest BCUT2D eigenvalue weighted by molar-refractivity contribution is 7.99. The van der Waals surface area contributed by atoms with E-state index < -0.39 is 0 Å². The van der Waals surface area contributed by atoms with Crippen molar-refractivity contribution in [1.29, 1.82) is 0 Å². The van der Waals surface area contributed by atoms with Crippen molar-refractivity contribution in [2.24, 2.45) is 0 Å². The third-order valence-corrected chi connectivity index (χ3v) is 4.04. The molecule has 2 heterocycles. The molecule has 2 aromatic heterocycles. The Balaban J connectivity index is 1.89. The van der Waals surface area contributed by atoms with Crippen LogP contribution in [0.1, 0.15) is 25.6 Å². The molecule has 1 N–H and O–H groups in total. The van der Waals surface area contributed by atoms with Gasteiger partial charge in [-0.05, 0) is 23.9 Å². The molecule has 0 unspecified atom stereocenters. The van der Waals surface area contributed by atoms with Gasteiger partial charge in [-0.3, -0.25) is 5.10 Å². The quantitative estimate of drug-likeness (QED) is 0.749. The Labute approximate surface area is 149 Å². The molecule has 0 bridgehead atoms. The number of benzene rings is 1. The van der Waals surface area contributed by atoms with Gasteiger partial charge in [0, 0.05) is 20.0 Å². The number of nitrogens with one attached hydrogen (secondary N) is 1. The van der Waals surface area contributed by atoms with E-state index in [9.17, 15) is 4.39 Å². The zero-order valence-corrected chi connectivity index (χ0v) is 15.2. The molecule has 130 valence electrons. The Morgan fingerprint density at radius 1 is 1.04 bits per heavy atom. The van der Waals surface area contributed by atoms with Crippen LogP contribution in [-0.4, -0.2) is 44.2 Å². The molecule has 1 aromatic carbocycles. The summed E-state index contributed by atoms with van der Waals surface area (Å²) in [4.78, 5) is 19.4. The fourth-order valence-corrected chi connectivity index (χ4v) is 2.67. The van der Waals surface area contributed by atoms with Crippen molar-refractivity contribution < 1.29 is 4.39 Å². The van der Waals surface area contributed by atoms with Gasteiger partial charge in [0.25, 0.3) is 0 Å². The summed E-state index contributed by atoms with van der Waals surface area (Å²) in [7, 11) is 3.74. The van der Waals surface area contributed by atoms with Gasteiger partial charge in [-0.25, -0.2) is 14.4 Å². The van der Waals surface area contributed by atoms with Gasteiger partial charge >= 0.3 is 0 Å². The summed E-state index contributed by atoms with van der Waals surface area (Å²) >= 11 is 1.21. The molecule has 9 heteroatoms. The van der Waals surface area contributed by atoms with Crippen LogP contribution in [-0.2, 0) is 0 Å². The number of aromatic amines is 1. The van der Waals surface area contributed by atoms with Gasteiger partial charge in [0.05, 0.1) is 5.56 Å². The largest absolute Gasteiger partial charge is 0.347 e. The Hall–Kier alpha value is -2.55. The van der Waals surface area contributed by atoms with E-state index in [0.717, 1.165) is 0 Å². The van der Waals surface area contributed by atoms with Crippen LogP contribution < -0.4 is 4.90 Å². The molecule has 0 radical (unpaired) electrons. The number of nitrogens with zero attached hydrogens (tertiary/aromatic N) is 6. The first-order valence-corrected chi connectivity index (χ1v) is 8.54. The van der Waals surface area contributed by atoms with Crippen molar-refractivity contribution in [3.8, 4) is 11.4 Å². The lowest BCUT2D eigenvalue weighted by molar-refractivity contribution is 0.630. The summed E-state index contributed by atoms with van der Waals surface area (Å²) in [5.41, 5.74) is 0.370. The van der Waals surface area contributed by atoms with Gasteiger partial charge in [-0.2, -0.15) is 9.97 Å². The van der Waals surface area contributed by atoms with Crippen molar-refractivity contribution in [2.45, 2.75) is 30.1 Å². The third kappa shape index (κ3) is 3.93. The molecule has 25 heavy (non-hydrogen) atoms. The molecule has 0 aliphatic carbocycles. The average Bonchev–Trinajstić information content (AvgIpc) is 3.03. The Bertz CT molecular complexity index is 852. The van der Waals surface area contributed by atoms with E-state index >= 15 is 0 Å². The summed E-state index contributed by atoms with van der Waals surface area (Å²) in [6.45, 7) is 4.04. The number of hydrogen-bond acceptors (Lipinski definition) is 7. The molecule has 0 aliphatic rings. The van der Waals surface area contributed by atoms with Gasteiger partial charge in [-0.15, -0.1) is 5.10 Å². The van der Waals surface area contributed by atoms with Gasteiger partial charge in [0.2, 0.25) is 16.3 Å². The highest BCUT2D eigenvalue weighted by Gasteiger charge is 2.15. The van der Waals surface area contributed by atoms with Crippen LogP contribution in [0, 0.1) is 5.82 Å². The summed E-state index contributed by atoms with van der Waals surface area (Å²) in [6.07, 6.45) is 0. The van der Waals surface area contributed by atoms with Gasteiger partial charge < -0.3 is 4.90 Å². The number of anilines is 1. The second kappa shape index (κ2) is 7.14. The van der Waals surface area contributed by atoms with Crippen LogP contribution in [0.3, 0.4) is 0 Å². The normalized spacial score (nSPS) is 11.1. The predicted octanol–water partition coefficient (Wildman–Crippen LogP) is 3.14. The molecular formula is C16H18FN7S. The fourth-order valence-electron chi connectivity index (χ4n) is 2.01. The van der Waals surface area contributed by atoms with Crippen molar-refractivity contribution in [3.05, 3.63) is 35.9 Å². The first-order chi connectivity index (χ1) is 11.9. The van der Waals surface area contributed by atoms with Crippen molar-refractivity contribution >= 4 is 17.7 Å². The first kappa shape index (κ1) is 17.3. The lowest BCUT2D eigenvalue weighted by atomic mass is 10.2. The molecule has 0 atom stereocenters. The monoisotopic (exact) mass is 359 g/mol. The molecule has 3 aromatic rings. The van der Waals surface area contributed by atoms with Crippen LogP contribution in [0.4, 0.5) is 10.3 Å². The highest BCUT2D eigenvalue weighted by Crippen LogP contribution is 2.26. The summed E-state index contributed by atoms with van der Waals surface area (Å²) in [5.74, 6) is 1.46. The molecule has 0 aliphatic heterocycles. The van der Waals surface area contributed by atoms with Crippen molar-refractivity contribution in [1.82, 2.24) is 30.1 Å². The van der Waals surface area contributed by atoms with Gasteiger partial charge in [0.15, 0.2) is 5.82 Å². The maximum Gasteiger partial charge on any atom is 0.229 e. The van der Waals surface area contributed by atoms with Crippen molar-refractivity contribution in [2.75, 3.05) is 19.0 Å². The maximum atomic E-state index is 13.9. The molecule has 7 nitrogen and oxygen atoms in total. The predicted molar refractivity (Wildman–Crippen MR) is 94.1 cm³/mol. The van der Waals surface area contributed by atoms with Gasteiger partial charge in [-0.1, -0.05) is 26.0 Å². The summed E-state index contributed by atoms with van der Waals surface area (Å²) in [5, 5.41) is 7.80. The highest BCUT2D eigenvalue weighted by atomic mass is 32.2. The second-order valence-electron chi connectivity index (χ2n) is 5.87. The number of hydrogen-bond donors (Lipinski definition) is 1. The zero-order chi connectivity index (χ0) is 18.0. The minimum Gasteiger partial charge on any atom is -0.347 e. The minimum absolute atomic E-state index is 0.169. The number of aromatic nitrogens is 6. The molecule has 0 saturated heterocycles. The summed E-state index contributed by atoms with van der Waals surface area (Å²) in [6, 6.07) is 6.41. The molecule has 0 fully saturated rings. The third-order valence-electron chi connectivity index (χ3n) is 3.31. The van der Waals surface area contributed by atoms with Gasteiger partial charge in [0.1, 0.15) is 11.6 Å². The van der Waals surface area contributed by atoms with E-state index in [1.165, 1.54) is 17.8 Å². The Morgan fingerprint density at radius 2 is 1.80 bits per heavy atom. The Kier molecular flexibility index (Phi) is 4.93. The van der Waals surface area contributed by atoms with E-state index in [-0.39, 0.29) is 11.7 Å². The Morgan fingerprint density at radius 3 is 2.48 bits per heavy atom. The van der Waals surface area contributed by atoms with E-state index in [4.69, 9.17) is 0 Å². The minimum atomic E-state index is -0.354. The topological polar surface area (TPSA) is 83.5 Å². The van der Waals surface area contributed by atoms with Crippen LogP contribution in [0.2, 0.25) is 0 Å². The average molecular weight is 359 g/mol. The number of halogens is 1. The number of rotatable bonds is 5. The summed E-state index contributed by atoms with van der Waals surface area (Å²) < 4.78 is 13.9. The molecule has 3 rings (SSSR count). The van der Waals surface area contributed by atoms with Crippen molar-refractivity contribution in [3.63, 3.8) is 0 Å². The lowest BCUT2D eigenvalue weighted by Gasteiger charge is -2.13. The fraction of sp³-hybridized carbons (Fsp3) is 0.312. The van der Waals surface area contributed by atoms with E-state index in [1.54, 1.807) is 18.2 Å². The smallest absolute Gasteiger partial charge is 0.229 e. The first-order valence-electron chi connectivity index (χ1n) is 7.72. The van der Waals surface area contributed by atoms with Crippen LogP contribution in [0.25, 0.3) is 11.4 Å². The maximum absolute atomic E-state index is 13.9. The molecule has 0 amide bonds. The van der Waals surface area contributed by atoms with Crippen LogP contribution >= 0.6 is 11.8 Å².